The third-order valence-corrected chi connectivity index (χ3v) is 6.76. The van der Waals surface area contributed by atoms with Gasteiger partial charge in [0.15, 0.2) is 0 Å². The number of hydrogen-bond acceptors (Lipinski definition) is 2. The highest BCUT2D eigenvalue weighted by molar-refractivity contribution is 5.66. The van der Waals surface area contributed by atoms with Crippen LogP contribution in [0.3, 0.4) is 0 Å². The molecule has 0 aromatic heterocycles. The Labute approximate surface area is 201 Å². The van der Waals surface area contributed by atoms with Crippen LogP contribution < -0.4 is 0 Å². The van der Waals surface area contributed by atoms with E-state index in [-0.39, 0.29) is 6.10 Å². The van der Waals surface area contributed by atoms with E-state index in [9.17, 15) is 9.90 Å². The van der Waals surface area contributed by atoms with E-state index >= 15 is 0 Å². The Hall–Kier alpha value is -0.570. The van der Waals surface area contributed by atoms with Crippen LogP contribution in [0.5, 0.6) is 0 Å². The molecule has 1 atom stereocenters. The van der Waals surface area contributed by atoms with Crippen LogP contribution in [0.2, 0.25) is 0 Å². The molecule has 0 fully saturated rings. The van der Waals surface area contributed by atoms with Crippen LogP contribution in [0.25, 0.3) is 0 Å². The average Bonchev–Trinajstić information content (AvgIpc) is 2.75. The molecule has 32 heavy (non-hydrogen) atoms. The minimum absolute atomic E-state index is 0.114. The van der Waals surface area contributed by atoms with Crippen molar-refractivity contribution in [2.45, 2.75) is 180 Å². The number of carboxylic acid groups (broad SMARTS) is 1. The minimum Gasteiger partial charge on any atom is -0.481 e. The largest absolute Gasteiger partial charge is 0.481 e. The van der Waals surface area contributed by atoms with Gasteiger partial charge < -0.3 is 10.2 Å². The van der Waals surface area contributed by atoms with E-state index in [0.29, 0.717) is 6.42 Å². The number of rotatable bonds is 27. The van der Waals surface area contributed by atoms with Gasteiger partial charge >= 0.3 is 5.97 Å². The SMILES string of the molecule is CC(O)CCCCCCCCCCCCCCCCCCCCCCCCCCC(=O)O. The summed E-state index contributed by atoms with van der Waals surface area (Å²) in [5, 5.41) is 17.8. The molecule has 0 spiro atoms. The Morgan fingerprint density at radius 3 is 0.906 bits per heavy atom. The first-order chi connectivity index (χ1) is 15.6. The lowest BCUT2D eigenvalue weighted by atomic mass is 10.0. The van der Waals surface area contributed by atoms with Crippen molar-refractivity contribution in [1.29, 1.82) is 0 Å². The van der Waals surface area contributed by atoms with Crippen molar-refractivity contribution in [3.63, 3.8) is 0 Å². The fourth-order valence-corrected chi connectivity index (χ4v) is 4.61. The second-order valence-electron chi connectivity index (χ2n) is 10.3. The zero-order valence-corrected chi connectivity index (χ0v) is 21.8. The molecule has 0 aliphatic carbocycles. The summed E-state index contributed by atoms with van der Waals surface area (Å²) in [4.78, 5) is 10.4. The Bertz CT molecular complexity index is 367. The van der Waals surface area contributed by atoms with Gasteiger partial charge in [0, 0.05) is 6.42 Å². The summed E-state index contributed by atoms with van der Waals surface area (Å²) in [6.45, 7) is 1.89. The van der Waals surface area contributed by atoms with Crippen molar-refractivity contribution >= 4 is 5.97 Å². The fraction of sp³-hybridized carbons (Fsp3) is 0.966. The summed E-state index contributed by atoms with van der Waals surface area (Å²) < 4.78 is 0. The molecule has 0 rings (SSSR count). The predicted octanol–water partition coefficient (Wildman–Crippen LogP) is 9.59. The summed E-state index contributed by atoms with van der Waals surface area (Å²) in [5.74, 6) is -0.654. The Balaban J connectivity index is 3.02. The molecule has 0 saturated heterocycles. The maximum atomic E-state index is 10.4. The van der Waals surface area contributed by atoms with Crippen molar-refractivity contribution in [2.24, 2.45) is 0 Å². The predicted molar refractivity (Wildman–Crippen MR) is 139 cm³/mol. The number of aliphatic hydroxyl groups is 1. The van der Waals surface area contributed by atoms with Gasteiger partial charge in [0.05, 0.1) is 6.10 Å². The molecule has 0 heterocycles. The first-order valence-corrected chi connectivity index (χ1v) is 14.5. The van der Waals surface area contributed by atoms with Crippen LogP contribution in [-0.2, 0) is 4.79 Å². The van der Waals surface area contributed by atoms with Gasteiger partial charge in [-0.1, -0.05) is 148 Å². The van der Waals surface area contributed by atoms with Crippen LogP contribution in [0.1, 0.15) is 174 Å². The summed E-state index contributed by atoms with van der Waals surface area (Å²) in [5.41, 5.74) is 0. The van der Waals surface area contributed by atoms with Crippen molar-refractivity contribution in [3.8, 4) is 0 Å². The number of aliphatic hydroxyl groups excluding tert-OH is 1. The van der Waals surface area contributed by atoms with Crippen molar-refractivity contribution in [1.82, 2.24) is 0 Å². The molecule has 192 valence electrons. The highest BCUT2D eigenvalue weighted by atomic mass is 16.4. The Kier molecular flexibility index (Phi) is 26.2. The number of hydrogen-bond donors (Lipinski definition) is 2. The van der Waals surface area contributed by atoms with Gasteiger partial charge in [0.1, 0.15) is 0 Å². The molecule has 3 nitrogen and oxygen atoms in total. The van der Waals surface area contributed by atoms with Crippen molar-refractivity contribution < 1.29 is 15.0 Å². The van der Waals surface area contributed by atoms with Crippen molar-refractivity contribution in [3.05, 3.63) is 0 Å². The van der Waals surface area contributed by atoms with E-state index in [0.717, 1.165) is 19.3 Å². The molecule has 0 aliphatic heterocycles. The van der Waals surface area contributed by atoms with Gasteiger partial charge in [-0.25, -0.2) is 0 Å². The third kappa shape index (κ3) is 29.4. The average molecular weight is 455 g/mol. The second-order valence-corrected chi connectivity index (χ2v) is 10.3. The summed E-state index contributed by atoms with van der Waals surface area (Å²) in [7, 11) is 0. The Morgan fingerprint density at radius 1 is 0.469 bits per heavy atom. The zero-order chi connectivity index (χ0) is 23.5. The highest BCUT2D eigenvalue weighted by Crippen LogP contribution is 2.16. The quantitative estimate of drug-likeness (QED) is 0.121. The van der Waals surface area contributed by atoms with E-state index in [2.05, 4.69) is 0 Å². The van der Waals surface area contributed by atoms with Crippen molar-refractivity contribution in [2.75, 3.05) is 0 Å². The lowest BCUT2D eigenvalue weighted by Gasteiger charge is -2.05. The third-order valence-electron chi connectivity index (χ3n) is 6.76. The van der Waals surface area contributed by atoms with E-state index in [1.807, 2.05) is 6.92 Å². The topological polar surface area (TPSA) is 57.5 Å². The molecule has 1 unspecified atom stereocenters. The minimum atomic E-state index is -0.654. The van der Waals surface area contributed by atoms with Crippen LogP contribution in [-0.4, -0.2) is 22.3 Å². The second kappa shape index (κ2) is 26.7. The van der Waals surface area contributed by atoms with E-state index in [4.69, 9.17) is 5.11 Å². The van der Waals surface area contributed by atoms with Crippen LogP contribution in [0.4, 0.5) is 0 Å². The molecule has 0 amide bonds. The van der Waals surface area contributed by atoms with Gasteiger partial charge in [-0.15, -0.1) is 0 Å². The first-order valence-electron chi connectivity index (χ1n) is 14.5. The molecular weight excluding hydrogens is 396 g/mol. The van der Waals surface area contributed by atoms with Gasteiger partial charge in [-0.05, 0) is 19.8 Å². The molecule has 3 heteroatoms. The number of carbonyl (C=O) groups is 1. The van der Waals surface area contributed by atoms with Crippen LogP contribution in [0, 0.1) is 0 Å². The summed E-state index contributed by atoms with van der Waals surface area (Å²) in [6, 6.07) is 0. The summed E-state index contributed by atoms with van der Waals surface area (Å²) in [6.07, 6.45) is 33.5. The number of carboxylic acids is 1. The highest BCUT2D eigenvalue weighted by Gasteiger charge is 1.98. The molecule has 0 radical (unpaired) electrons. The molecule has 0 bridgehead atoms. The standard InChI is InChI=1S/C29H58O3/c1-28(30)26-24-22-20-18-16-14-12-10-8-6-4-2-3-5-7-9-11-13-15-17-19-21-23-25-27-29(31)32/h28,30H,2-27H2,1H3,(H,31,32). The maximum absolute atomic E-state index is 10.4. The molecular formula is C29H58O3. The fourth-order valence-electron chi connectivity index (χ4n) is 4.61. The smallest absolute Gasteiger partial charge is 0.303 e. The van der Waals surface area contributed by atoms with Gasteiger partial charge in [0.2, 0.25) is 0 Å². The molecule has 0 aromatic carbocycles. The van der Waals surface area contributed by atoms with Gasteiger partial charge in [-0.3, -0.25) is 4.79 Å². The van der Waals surface area contributed by atoms with Crippen LogP contribution >= 0.6 is 0 Å². The van der Waals surface area contributed by atoms with Gasteiger partial charge in [-0.2, -0.15) is 0 Å². The Morgan fingerprint density at radius 2 is 0.688 bits per heavy atom. The summed E-state index contributed by atoms with van der Waals surface area (Å²) >= 11 is 0. The molecule has 2 N–H and O–H groups in total. The normalized spacial score (nSPS) is 12.3. The molecule has 0 aliphatic rings. The first kappa shape index (κ1) is 31.4. The van der Waals surface area contributed by atoms with E-state index in [1.165, 1.54) is 141 Å². The molecule has 0 aromatic rings. The van der Waals surface area contributed by atoms with Gasteiger partial charge in [0.25, 0.3) is 0 Å². The molecule has 0 saturated carbocycles. The van der Waals surface area contributed by atoms with Crippen LogP contribution in [0.15, 0.2) is 0 Å². The number of unbranched alkanes of at least 4 members (excludes halogenated alkanes) is 23. The van der Waals surface area contributed by atoms with E-state index < -0.39 is 5.97 Å². The van der Waals surface area contributed by atoms with E-state index in [1.54, 1.807) is 0 Å². The monoisotopic (exact) mass is 454 g/mol. The lowest BCUT2D eigenvalue weighted by Crippen LogP contribution is -1.98. The lowest BCUT2D eigenvalue weighted by molar-refractivity contribution is -0.137. The zero-order valence-electron chi connectivity index (χ0n) is 21.8. The number of aliphatic carboxylic acids is 1. The maximum Gasteiger partial charge on any atom is 0.303 e.